The molecule has 0 radical (unpaired) electrons. The Balaban J connectivity index is 2.93. The Morgan fingerprint density at radius 1 is 1.88 bits per heavy atom. The number of nitrogens with zero attached hydrogens (tertiary/aromatic N) is 2. The molecule has 42 valence electrons. The summed E-state index contributed by atoms with van der Waals surface area (Å²) in [5, 5.41) is -0.334. The van der Waals surface area contributed by atoms with Crippen LogP contribution in [0.2, 0.25) is 0 Å². The Morgan fingerprint density at radius 2 is 2.62 bits per heavy atom. The van der Waals surface area contributed by atoms with Gasteiger partial charge in [0, 0.05) is 0 Å². The molecule has 0 bridgehead atoms. The molecule has 0 amide bonds. The summed E-state index contributed by atoms with van der Waals surface area (Å²) in [6.07, 6.45) is 1.39. The fraction of sp³-hybridized carbons (Fsp3) is 0. The molecule has 1 rings (SSSR count). The summed E-state index contributed by atoms with van der Waals surface area (Å²) in [5.41, 5.74) is 0.318. The molecule has 8 heavy (non-hydrogen) atoms. The van der Waals surface area contributed by atoms with Crippen molar-refractivity contribution in [2.45, 2.75) is 0 Å². The molecule has 0 aliphatic heterocycles. The minimum atomic E-state index is -0.334. The first-order valence-corrected chi connectivity index (χ1v) is 2.99. The molecule has 0 atom stereocenters. The van der Waals surface area contributed by atoms with Crippen molar-refractivity contribution in [1.29, 1.82) is 0 Å². The quantitative estimate of drug-likeness (QED) is 0.590. The maximum Gasteiger partial charge on any atom is 0.237 e. The second-order valence-corrected chi connectivity index (χ2v) is 2.06. The first-order valence-electron chi connectivity index (χ1n) is 1.81. The molecule has 0 aliphatic rings. The summed E-state index contributed by atoms with van der Waals surface area (Å²) < 4.78 is 7.22. The normalized spacial score (nSPS) is 9.12. The Morgan fingerprint density at radius 3 is 2.88 bits per heavy atom. The maximum atomic E-state index is 10.3. The average Bonchev–Trinajstić information content (AvgIpc) is 2.12. The van der Waals surface area contributed by atoms with Crippen LogP contribution in [0, 0.1) is 0 Å². The van der Waals surface area contributed by atoms with E-state index in [1.54, 1.807) is 0 Å². The van der Waals surface area contributed by atoms with Gasteiger partial charge < -0.3 is 0 Å². The van der Waals surface area contributed by atoms with Crippen LogP contribution in [0.1, 0.15) is 10.5 Å². The van der Waals surface area contributed by atoms with Crippen molar-refractivity contribution in [3.8, 4) is 0 Å². The molecule has 0 saturated heterocycles. The molecule has 0 spiro atoms. The van der Waals surface area contributed by atoms with Crippen LogP contribution in [0.5, 0.6) is 0 Å². The number of carbonyl (C=O) groups is 1. The van der Waals surface area contributed by atoms with E-state index in [0.717, 1.165) is 11.7 Å². The van der Waals surface area contributed by atoms with E-state index in [1.807, 2.05) is 0 Å². The van der Waals surface area contributed by atoms with E-state index >= 15 is 0 Å². The summed E-state index contributed by atoms with van der Waals surface area (Å²) in [4.78, 5) is 10.3. The molecule has 1 aromatic rings. The fourth-order valence-electron chi connectivity index (χ4n) is 0.259. The second-order valence-electron chi connectivity index (χ2n) is 1.10. The van der Waals surface area contributed by atoms with Gasteiger partial charge in [0.25, 0.3) is 0 Å². The van der Waals surface area contributed by atoms with Gasteiger partial charge in [0.15, 0.2) is 5.69 Å². The highest BCUT2D eigenvalue weighted by Gasteiger charge is 2.00. The molecule has 0 unspecified atom stereocenters. The van der Waals surface area contributed by atoms with Crippen molar-refractivity contribution in [1.82, 2.24) is 8.75 Å². The molecule has 5 heteroatoms. The van der Waals surface area contributed by atoms with Crippen LogP contribution in [-0.4, -0.2) is 13.9 Å². The highest BCUT2D eigenvalue weighted by molar-refractivity contribution is 7.97. The van der Waals surface area contributed by atoms with Gasteiger partial charge in [-0.25, -0.2) is 0 Å². The summed E-state index contributed by atoms with van der Waals surface area (Å²) in [6.45, 7) is 0. The third-order valence-electron chi connectivity index (χ3n) is 0.580. The van der Waals surface area contributed by atoms with E-state index in [-0.39, 0.29) is 5.12 Å². The summed E-state index contributed by atoms with van der Waals surface area (Å²) in [7, 11) is 0. The van der Waals surface area contributed by atoms with E-state index in [2.05, 4.69) is 21.4 Å². The third kappa shape index (κ3) is 1.05. The van der Waals surface area contributed by atoms with E-state index in [9.17, 15) is 4.79 Å². The zero-order valence-corrected chi connectivity index (χ0v) is 5.45. The van der Waals surface area contributed by atoms with Gasteiger partial charge in [-0.1, -0.05) is 12.6 Å². The van der Waals surface area contributed by atoms with E-state index < -0.39 is 0 Å². The van der Waals surface area contributed by atoms with Crippen LogP contribution >= 0.6 is 24.4 Å². The van der Waals surface area contributed by atoms with Crippen molar-refractivity contribution >= 4 is 29.5 Å². The van der Waals surface area contributed by atoms with Gasteiger partial charge in [0.05, 0.1) is 17.9 Å². The lowest BCUT2D eigenvalue weighted by Gasteiger charge is -1.75. The Hall–Kier alpha value is -0.420. The molecular weight excluding hydrogens is 144 g/mol. The maximum absolute atomic E-state index is 10.3. The van der Waals surface area contributed by atoms with Crippen LogP contribution in [0.15, 0.2) is 6.20 Å². The number of rotatable bonds is 1. The number of hydrogen-bond acceptors (Lipinski definition) is 4. The molecule has 0 saturated carbocycles. The Labute approximate surface area is 55.5 Å². The van der Waals surface area contributed by atoms with Gasteiger partial charge in [-0.3, -0.25) is 4.79 Å². The van der Waals surface area contributed by atoms with Crippen LogP contribution in [0.25, 0.3) is 0 Å². The number of thiol groups is 1. The summed E-state index contributed by atoms with van der Waals surface area (Å²) in [5.74, 6) is 0. The lowest BCUT2D eigenvalue weighted by Crippen LogP contribution is -1.85. The predicted molar refractivity (Wildman–Crippen MR) is 33.2 cm³/mol. The van der Waals surface area contributed by atoms with Crippen LogP contribution in [-0.2, 0) is 0 Å². The highest BCUT2D eigenvalue weighted by atomic mass is 32.1. The van der Waals surface area contributed by atoms with Crippen molar-refractivity contribution in [2.24, 2.45) is 0 Å². The topological polar surface area (TPSA) is 42.9 Å². The number of aromatic nitrogens is 2. The standard InChI is InChI=1S/C3H2N2OS2/c6-3(7)2-1-4-8-5-2/h1H,(H,6,7). The van der Waals surface area contributed by atoms with Gasteiger partial charge in [-0.2, -0.15) is 8.75 Å². The molecule has 0 N–H and O–H groups in total. The molecule has 0 aromatic carbocycles. The first kappa shape index (κ1) is 5.71. The molecule has 1 heterocycles. The molecule has 0 fully saturated rings. The minimum Gasteiger partial charge on any atom is -0.280 e. The van der Waals surface area contributed by atoms with Crippen LogP contribution in [0.4, 0.5) is 0 Å². The smallest absolute Gasteiger partial charge is 0.237 e. The summed E-state index contributed by atoms with van der Waals surface area (Å²) >= 11 is 4.52. The van der Waals surface area contributed by atoms with Crippen LogP contribution < -0.4 is 0 Å². The monoisotopic (exact) mass is 146 g/mol. The van der Waals surface area contributed by atoms with E-state index in [4.69, 9.17) is 0 Å². The number of hydrogen-bond donors (Lipinski definition) is 1. The van der Waals surface area contributed by atoms with Crippen molar-refractivity contribution in [3.05, 3.63) is 11.9 Å². The largest absolute Gasteiger partial charge is 0.280 e. The molecule has 0 aliphatic carbocycles. The Bertz CT molecular complexity index is 183. The lowest BCUT2D eigenvalue weighted by molar-refractivity contribution is 0.108. The van der Waals surface area contributed by atoms with E-state index in [1.165, 1.54) is 6.20 Å². The van der Waals surface area contributed by atoms with Gasteiger partial charge in [-0.05, 0) is 0 Å². The first-order chi connectivity index (χ1) is 3.80. The van der Waals surface area contributed by atoms with Crippen molar-refractivity contribution in [3.63, 3.8) is 0 Å². The molecule has 1 aromatic heterocycles. The van der Waals surface area contributed by atoms with Crippen LogP contribution in [0.3, 0.4) is 0 Å². The molecule has 3 nitrogen and oxygen atoms in total. The van der Waals surface area contributed by atoms with Gasteiger partial charge in [-0.15, -0.1) is 0 Å². The van der Waals surface area contributed by atoms with Gasteiger partial charge in [0.2, 0.25) is 5.12 Å². The van der Waals surface area contributed by atoms with E-state index in [0.29, 0.717) is 5.69 Å². The van der Waals surface area contributed by atoms with Crippen molar-refractivity contribution in [2.75, 3.05) is 0 Å². The fourth-order valence-corrected chi connectivity index (χ4v) is 0.846. The average molecular weight is 146 g/mol. The Kier molecular flexibility index (Phi) is 1.59. The zero-order chi connectivity index (χ0) is 5.98. The van der Waals surface area contributed by atoms with Gasteiger partial charge in [0.1, 0.15) is 0 Å². The number of carbonyl (C=O) groups excluding carboxylic acids is 1. The SMILES string of the molecule is O=C(S)c1cnsn1. The lowest BCUT2D eigenvalue weighted by atomic mass is 10.5. The highest BCUT2D eigenvalue weighted by Crippen LogP contribution is 1.97. The van der Waals surface area contributed by atoms with Gasteiger partial charge >= 0.3 is 0 Å². The predicted octanol–water partition coefficient (Wildman–Crippen LogP) is 0.608. The van der Waals surface area contributed by atoms with Crippen molar-refractivity contribution < 1.29 is 4.79 Å². The summed E-state index contributed by atoms with van der Waals surface area (Å²) in [6, 6.07) is 0. The third-order valence-corrected chi connectivity index (χ3v) is 1.29. The second kappa shape index (κ2) is 2.23. The molecular formula is C3H2N2OS2. The minimum absolute atomic E-state index is 0.318. The zero-order valence-electron chi connectivity index (χ0n) is 3.74.